The minimum atomic E-state index is -0.508. The molecular weight excluding hydrogens is 417 g/mol. The molecule has 2 rings (SSSR count). The molecule has 26 heavy (non-hydrogen) atoms. The van der Waals surface area contributed by atoms with Crippen molar-refractivity contribution >= 4 is 64.1 Å². The van der Waals surface area contributed by atoms with Gasteiger partial charge in [-0.3, -0.25) is 9.59 Å². The van der Waals surface area contributed by atoms with Gasteiger partial charge in [0.05, 0.1) is 27.2 Å². The van der Waals surface area contributed by atoms with Crippen molar-refractivity contribution in [1.82, 2.24) is 0 Å². The van der Waals surface area contributed by atoms with E-state index in [-0.39, 0.29) is 6.42 Å². The normalized spacial score (nSPS) is 10.5. The number of anilines is 1. The van der Waals surface area contributed by atoms with Gasteiger partial charge in [0.15, 0.2) is 6.61 Å². The number of hydrogen-bond acceptors (Lipinski definition) is 4. The van der Waals surface area contributed by atoms with E-state index >= 15 is 0 Å². The molecule has 0 fully saturated rings. The van der Waals surface area contributed by atoms with E-state index in [1.54, 1.807) is 25.1 Å². The highest BCUT2D eigenvalue weighted by molar-refractivity contribution is 7.99. The summed E-state index contributed by atoms with van der Waals surface area (Å²) in [6, 6.07) is 10.8. The zero-order chi connectivity index (χ0) is 19.1. The molecule has 0 spiro atoms. The highest BCUT2D eigenvalue weighted by Gasteiger charge is 2.13. The molecular formula is C18H16Cl3NO3S. The molecule has 0 aliphatic rings. The highest BCUT2D eigenvalue weighted by atomic mass is 35.5. The summed E-state index contributed by atoms with van der Waals surface area (Å²) >= 11 is 19.6. The summed E-state index contributed by atoms with van der Waals surface area (Å²) in [5, 5.41) is 3.87. The van der Waals surface area contributed by atoms with Crippen LogP contribution < -0.4 is 5.32 Å². The predicted octanol–water partition coefficient (Wildman–Crippen LogP) is 5.62. The molecule has 0 heterocycles. The van der Waals surface area contributed by atoms with Crippen molar-refractivity contribution in [3.63, 3.8) is 0 Å². The van der Waals surface area contributed by atoms with Gasteiger partial charge >= 0.3 is 5.97 Å². The summed E-state index contributed by atoms with van der Waals surface area (Å²) in [5.41, 5.74) is 1.09. The molecule has 0 unspecified atom stereocenters. The van der Waals surface area contributed by atoms with Gasteiger partial charge in [-0.1, -0.05) is 53.0 Å². The summed E-state index contributed by atoms with van der Waals surface area (Å²) in [6.45, 7) is 1.39. The van der Waals surface area contributed by atoms with Crippen molar-refractivity contribution in [3.05, 3.63) is 57.0 Å². The summed E-state index contributed by atoms with van der Waals surface area (Å²) in [6.07, 6.45) is 0.162. The molecule has 0 atom stereocenters. The second-order valence-electron chi connectivity index (χ2n) is 5.29. The lowest BCUT2D eigenvalue weighted by Gasteiger charge is -2.11. The summed E-state index contributed by atoms with van der Waals surface area (Å²) in [4.78, 5) is 24.6. The minimum absolute atomic E-state index is 0.162. The molecule has 138 valence electrons. The lowest BCUT2D eigenvalue weighted by molar-refractivity contribution is -0.146. The topological polar surface area (TPSA) is 55.4 Å². The van der Waals surface area contributed by atoms with E-state index in [1.165, 1.54) is 11.8 Å². The third-order valence-electron chi connectivity index (χ3n) is 3.31. The SMILES string of the molecule is Cc1ccc(Cl)c(NC(=O)COC(=O)CCSc2ccccc2Cl)c1Cl. The predicted molar refractivity (Wildman–Crippen MR) is 108 cm³/mol. The Hall–Kier alpha value is -1.40. The van der Waals surface area contributed by atoms with E-state index in [2.05, 4.69) is 5.32 Å². The average Bonchev–Trinajstić information content (AvgIpc) is 2.62. The van der Waals surface area contributed by atoms with Gasteiger partial charge in [0.1, 0.15) is 0 Å². The van der Waals surface area contributed by atoms with Gasteiger partial charge in [-0.15, -0.1) is 11.8 Å². The average molecular weight is 433 g/mol. The van der Waals surface area contributed by atoms with E-state index < -0.39 is 18.5 Å². The zero-order valence-electron chi connectivity index (χ0n) is 13.9. The van der Waals surface area contributed by atoms with Crippen LogP contribution in [0.3, 0.4) is 0 Å². The molecule has 0 aromatic heterocycles. The van der Waals surface area contributed by atoms with Crippen molar-refractivity contribution in [1.29, 1.82) is 0 Å². The van der Waals surface area contributed by atoms with Crippen LogP contribution in [0.5, 0.6) is 0 Å². The lowest BCUT2D eigenvalue weighted by atomic mass is 10.2. The second kappa shape index (κ2) is 10.1. The maximum Gasteiger partial charge on any atom is 0.307 e. The number of hydrogen-bond donors (Lipinski definition) is 1. The molecule has 2 aromatic carbocycles. The van der Waals surface area contributed by atoms with E-state index in [0.717, 1.165) is 10.5 Å². The van der Waals surface area contributed by atoms with Crippen LogP contribution in [-0.2, 0) is 14.3 Å². The largest absolute Gasteiger partial charge is 0.456 e. The Morgan fingerprint density at radius 2 is 1.81 bits per heavy atom. The number of esters is 1. The maximum atomic E-state index is 11.9. The van der Waals surface area contributed by atoms with Crippen molar-refractivity contribution in [2.75, 3.05) is 17.7 Å². The molecule has 4 nitrogen and oxygen atoms in total. The third-order valence-corrected chi connectivity index (χ3v) is 5.63. The van der Waals surface area contributed by atoms with Crippen LogP contribution in [-0.4, -0.2) is 24.2 Å². The first-order valence-corrected chi connectivity index (χ1v) is 9.78. The number of aryl methyl sites for hydroxylation is 1. The maximum absolute atomic E-state index is 11.9. The Bertz CT molecular complexity index is 814. The van der Waals surface area contributed by atoms with Crippen LogP contribution >= 0.6 is 46.6 Å². The molecule has 8 heteroatoms. The smallest absolute Gasteiger partial charge is 0.307 e. The van der Waals surface area contributed by atoms with Crippen molar-refractivity contribution in [2.45, 2.75) is 18.2 Å². The van der Waals surface area contributed by atoms with Gasteiger partial charge in [-0.05, 0) is 30.7 Å². The summed E-state index contributed by atoms with van der Waals surface area (Å²) in [5.74, 6) is -0.479. The summed E-state index contributed by atoms with van der Waals surface area (Å²) in [7, 11) is 0. The number of thioether (sulfide) groups is 1. The monoisotopic (exact) mass is 431 g/mol. The fraction of sp³-hybridized carbons (Fsp3) is 0.222. The lowest BCUT2D eigenvalue weighted by Crippen LogP contribution is -2.21. The van der Waals surface area contributed by atoms with Gasteiger partial charge in [0, 0.05) is 10.6 Å². The highest BCUT2D eigenvalue weighted by Crippen LogP contribution is 2.32. The molecule has 1 amide bonds. The van der Waals surface area contributed by atoms with Gasteiger partial charge < -0.3 is 10.1 Å². The van der Waals surface area contributed by atoms with E-state index in [1.807, 2.05) is 18.2 Å². The summed E-state index contributed by atoms with van der Waals surface area (Å²) < 4.78 is 4.97. The van der Waals surface area contributed by atoms with Gasteiger partial charge in [0.2, 0.25) is 0 Å². The van der Waals surface area contributed by atoms with E-state index in [9.17, 15) is 9.59 Å². The molecule has 0 radical (unpaired) electrons. The fourth-order valence-electron chi connectivity index (χ4n) is 1.97. The quantitative estimate of drug-likeness (QED) is 0.456. The number of ether oxygens (including phenoxy) is 1. The van der Waals surface area contributed by atoms with E-state index in [4.69, 9.17) is 39.5 Å². The number of carbonyl (C=O) groups excluding carboxylic acids is 2. The van der Waals surface area contributed by atoms with Crippen LogP contribution in [0, 0.1) is 6.92 Å². The fourth-order valence-corrected chi connectivity index (χ4v) is 3.60. The van der Waals surface area contributed by atoms with Crippen LogP contribution in [0.2, 0.25) is 15.1 Å². The number of amides is 1. The number of nitrogens with one attached hydrogen (secondary N) is 1. The molecule has 0 aliphatic carbocycles. The molecule has 0 bridgehead atoms. The molecule has 0 saturated heterocycles. The Kier molecular flexibility index (Phi) is 8.10. The Morgan fingerprint density at radius 1 is 1.08 bits per heavy atom. The van der Waals surface area contributed by atoms with E-state index in [0.29, 0.717) is 26.5 Å². The van der Waals surface area contributed by atoms with Crippen LogP contribution in [0.1, 0.15) is 12.0 Å². The van der Waals surface area contributed by atoms with Crippen LogP contribution in [0.15, 0.2) is 41.3 Å². The van der Waals surface area contributed by atoms with Crippen molar-refractivity contribution in [3.8, 4) is 0 Å². The molecule has 0 saturated carbocycles. The molecule has 2 aromatic rings. The number of halogens is 3. The number of benzene rings is 2. The van der Waals surface area contributed by atoms with Crippen molar-refractivity contribution in [2.24, 2.45) is 0 Å². The standard InChI is InChI=1S/C18H16Cl3NO3S/c1-11-6-7-13(20)18(17(11)21)22-15(23)10-25-16(24)8-9-26-14-5-3-2-4-12(14)19/h2-7H,8-10H2,1H3,(H,22,23). The second-order valence-corrected chi connectivity index (χ2v) is 7.62. The Morgan fingerprint density at radius 3 is 2.54 bits per heavy atom. The first-order chi connectivity index (χ1) is 12.4. The Labute approximate surface area is 171 Å². The minimum Gasteiger partial charge on any atom is -0.456 e. The third kappa shape index (κ3) is 6.09. The zero-order valence-corrected chi connectivity index (χ0v) is 16.9. The van der Waals surface area contributed by atoms with Crippen LogP contribution in [0.4, 0.5) is 5.69 Å². The number of rotatable bonds is 7. The molecule has 1 N–H and O–H groups in total. The Balaban J connectivity index is 1.76. The first kappa shape index (κ1) is 20.9. The van der Waals surface area contributed by atoms with Gasteiger partial charge in [0.25, 0.3) is 5.91 Å². The van der Waals surface area contributed by atoms with Gasteiger partial charge in [-0.25, -0.2) is 0 Å². The molecule has 0 aliphatic heterocycles. The van der Waals surface area contributed by atoms with Gasteiger partial charge in [-0.2, -0.15) is 0 Å². The number of carbonyl (C=O) groups is 2. The first-order valence-electron chi connectivity index (χ1n) is 7.66. The van der Waals surface area contributed by atoms with Crippen molar-refractivity contribution < 1.29 is 14.3 Å². The van der Waals surface area contributed by atoms with Crippen LogP contribution in [0.25, 0.3) is 0 Å².